The van der Waals surface area contributed by atoms with Crippen molar-refractivity contribution in [3.63, 3.8) is 0 Å². The Morgan fingerprint density at radius 2 is 2.17 bits per heavy atom. The van der Waals surface area contributed by atoms with E-state index >= 15 is 0 Å². The molecule has 0 aromatic heterocycles. The third-order valence-electron chi connectivity index (χ3n) is 1.67. The first kappa shape index (κ1) is 9.28. The molecule has 0 aromatic carbocycles. The molecular weight excluding hydrogens is 160 g/mol. The van der Waals surface area contributed by atoms with Gasteiger partial charge in [-0.05, 0) is 0 Å². The molecule has 0 spiro atoms. The molecule has 5 heteroatoms. The van der Waals surface area contributed by atoms with Gasteiger partial charge in [-0.3, -0.25) is 5.43 Å². The Hall–Kier alpha value is -0.810. The van der Waals surface area contributed by atoms with Crippen molar-refractivity contribution in [2.45, 2.75) is 18.9 Å². The Labute approximate surface area is 71.4 Å². The normalized spacial score (nSPS) is 18.8. The second-order valence-corrected chi connectivity index (χ2v) is 2.59. The summed E-state index contributed by atoms with van der Waals surface area (Å²) in [5.74, 6) is 0. The van der Waals surface area contributed by atoms with Crippen molar-refractivity contribution in [3.8, 4) is 0 Å². The SMILES string of the molecule is CNNC(=O)OC1CCOCC1. The van der Waals surface area contributed by atoms with Gasteiger partial charge >= 0.3 is 6.09 Å². The zero-order valence-corrected chi connectivity index (χ0v) is 7.13. The zero-order valence-electron chi connectivity index (χ0n) is 7.13. The Bertz CT molecular complexity index is 146. The molecule has 1 heterocycles. The second-order valence-electron chi connectivity index (χ2n) is 2.59. The van der Waals surface area contributed by atoms with Crippen molar-refractivity contribution >= 4 is 6.09 Å². The summed E-state index contributed by atoms with van der Waals surface area (Å²) in [5.41, 5.74) is 4.84. The molecule has 0 saturated carbocycles. The molecule has 0 aromatic rings. The van der Waals surface area contributed by atoms with E-state index in [0.29, 0.717) is 13.2 Å². The Kier molecular flexibility index (Phi) is 3.83. The summed E-state index contributed by atoms with van der Waals surface area (Å²) in [5, 5.41) is 0. The molecule has 2 N–H and O–H groups in total. The largest absolute Gasteiger partial charge is 0.445 e. The number of amides is 1. The average Bonchev–Trinajstić information content (AvgIpc) is 2.06. The van der Waals surface area contributed by atoms with Crippen molar-refractivity contribution < 1.29 is 14.3 Å². The predicted molar refractivity (Wildman–Crippen MR) is 42.5 cm³/mol. The topological polar surface area (TPSA) is 59.6 Å². The molecule has 12 heavy (non-hydrogen) atoms. The van der Waals surface area contributed by atoms with Crippen molar-refractivity contribution in [2.75, 3.05) is 20.3 Å². The third-order valence-corrected chi connectivity index (χ3v) is 1.67. The van der Waals surface area contributed by atoms with Crippen LogP contribution in [0.3, 0.4) is 0 Å². The summed E-state index contributed by atoms with van der Waals surface area (Å²) < 4.78 is 10.2. The van der Waals surface area contributed by atoms with Crippen LogP contribution in [0.15, 0.2) is 0 Å². The summed E-state index contributed by atoms with van der Waals surface area (Å²) in [6.45, 7) is 1.36. The van der Waals surface area contributed by atoms with Gasteiger partial charge in [0.2, 0.25) is 0 Å². The van der Waals surface area contributed by atoms with Gasteiger partial charge < -0.3 is 9.47 Å². The average molecular weight is 174 g/mol. The molecule has 1 amide bonds. The van der Waals surface area contributed by atoms with Gasteiger partial charge in [-0.1, -0.05) is 0 Å². The van der Waals surface area contributed by atoms with Crippen molar-refractivity contribution in [1.29, 1.82) is 0 Å². The van der Waals surface area contributed by atoms with Crippen molar-refractivity contribution in [1.82, 2.24) is 10.9 Å². The van der Waals surface area contributed by atoms with Crippen molar-refractivity contribution in [3.05, 3.63) is 0 Å². The van der Waals surface area contributed by atoms with Gasteiger partial charge in [0.1, 0.15) is 6.10 Å². The number of ether oxygens (including phenoxy) is 2. The molecule has 0 aliphatic carbocycles. The number of rotatable bonds is 2. The number of carbonyl (C=O) groups is 1. The maximum atomic E-state index is 10.9. The lowest BCUT2D eigenvalue weighted by Gasteiger charge is -2.21. The lowest BCUT2D eigenvalue weighted by molar-refractivity contribution is 0.000796. The molecule has 0 atom stereocenters. The van der Waals surface area contributed by atoms with Crippen LogP contribution in [-0.2, 0) is 9.47 Å². The van der Waals surface area contributed by atoms with Crippen LogP contribution in [0, 0.1) is 0 Å². The van der Waals surface area contributed by atoms with E-state index in [1.54, 1.807) is 7.05 Å². The minimum absolute atomic E-state index is 0.00657. The highest BCUT2D eigenvalue weighted by Gasteiger charge is 2.17. The Morgan fingerprint density at radius 3 is 2.75 bits per heavy atom. The van der Waals surface area contributed by atoms with Gasteiger partial charge in [0, 0.05) is 19.9 Å². The van der Waals surface area contributed by atoms with E-state index in [2.05, 4.69) is 10.9 Å². The molecule has 70 valence electrons. The smallest absolute Gasteiger partial charge is 0.421 e. The quantitative estimate of drug-likeness (QED) is 0.580. The standard InChI is InChI=1S/C7H14N2O3/c1-8-9-7(10)12-6-2-4-11-5-3-6/h6,8H,2-5H2,1H3,(H,9,10). The van der Waals surface area contributed by atoms with E-state index in [4.69, 9.17) is 9.47 Å². The van der Waals surface area contributed by atoms with Gasteiger partial charge in [-0.15, -0.1) is 0 Å². The number of hydrogen-bond donors (Lipinski definition) is 2. The molecule has 1 aliphatic rings. The predicted octanol–water partition coefficient (Wildman–Crippen LogP) is 0.0260. The molecule has 0 radical (unpaired) electrons. The highest BCUT2D eigenvalue weighted by molar-refractivity contribution is 5.66. The summed E-state index contributed by atoms with van der Waals surface area (Å²) in [4.78, 5) is 10.9. The van der Waals surface area contributed by atoms with Crippen molar-refractivity contribution in [2.24, 2.45) is 0 Å². The molecule has 1 aliphatic heterocycles. The van der Waals surface area contributed by atoms with E-state index in [0.717, 1.165) is 12.8 Å². The fraction of sp³-hybridized carbons (Fsp3) is 0.857. The lowest BCUT2D eigenvalue weighted by atomic mass is 10.2. The summed E-state index contributed by atoms with van der Waals surface area (Å²) in [7, 11) is 1.62. The Morgan fingerprint density at radius 1 is 1.50 bits per heavy atom. The van der Waals surface area contributed by atoms with E-state index in [9.17, 15) is 4.79 Å². The lowest BCUT2D eigenvalue weighted by Crippen LogP contribution is -2.38. The highest BCUT2D eigenvalue weighted by Crippen LogP contribution is 2.10. The van der Waals surface area contributed by atoms with Crippen LogP contribution in [-0.4, -0.2) is 32.5 Å². The maximum Gasteiger partial charge on any atom is 0.421 e. The van der Waals surface area contributed by atoms with E-state index < -0.39 is 6.09 Å². The first-order valence-electron chi connectivity index (χ1n) is 4.04. The highest BCUT2D eigenvalue weighted by atomic mass is 16.6. The van der Waals surface area contributed by atoms with Gasteiger partial charge in [0.05, 0.1) is 13.2 Å². The van der Waals surface area contributed by atoms with E-state index in [1.807, 2.05) is 0 Å². The molecule has 0 bridgehead atoms. The monoisotopic (exact) mass is 174 g/mol. The van der Waals surface area contributed by atoms with Gasteiger partial charge in [-0.25, -0.2) is 10.2 Å². The van der Waals surface area contributed by atoms with Gasteiger partial charge in [0.15, 0.2) is 0 Å². The molecule has 1 rings (SSSR count). The minimum Gasteiger partial charge on any atom is -0.445 e. The Balaban J connectivity index is 2.15. The van der Waals surface area contributed by atoms with Crippen LogP contribution >= 0.6 is 0 Å². The minimum atomic E-state index is -0.426. The summed E-state index contributed by atoms with van der Waals surface area (Å²) in [6.07, 6.45) is 1.16. The summed E-state index contributed by atoms with van der Waals surface area (Å²) >= 11 is 0. The van der Waals surface area contributed by atoms with Crippen LogP contribution in [0.2, 0.25) is 0 Å². The molecule has 0 unspecified atom stereocenters. The third kappa shape index (κ3) is 3.06. The zero-order chi connectivity index (χ0) is 8.81. The first-order valence-corrected chi connectivity index (χ1v) is 4.04. The van der Waals surface area contributed by atoms with E-state index in [-0.39, 0.29) is 6.10 Å². The van der Waals surface area contributed by atoms with Gasteiger partial charge in [-0.2, -0.15) is 0 Å². The molecule has 1 fully saturated rings. The maximum absolute atomic E-state index is 10.9. The molecule has 1 saturated heterocycles. The van der Waals surface area contributed by atoms with Gasteiger partial charge in [0.25, 0.3) is 0 Å². The van der Waals surface area contributed by atoms with Crippen LogP contribution in [0.25, 0.3) is 0 Å². The fourth-order valence-electron chi connectivity index (χ4n) is 1.08. The number of hydrogen-bond acceptors (Lipinski definition) is 4. The van der Waals surface area contributed by atoms with Crippen LogP contribution in [0.1, 0.15) is 12.8 Å². The number of hydrazine groups is 1. The van der Waals surface area contributed by atoms with Crippen LogP contribution < -0.4 is 10.9 Å². The molecule has 5 nitrogen and oxygen atoms in total. The first-order chi connectivity index (χ1) is 5.83. The number of nitrogens with one attached hydrogen (secondary N) is 2. The summed E-state index contributed by atoms with van der Waals surface area (Å²) in [6, 6.07) is 0. The fourth-order valence-corrected chi connectivity index (χ4v) is 1.08. The molecular formula is C7H14N2O3. The van der Waals surface area contributed by atoms with Crippen LogP contribution in [0.4, 0.5) is 4.79 Å². The van der Waals surface area contributed by atoms with Crippen LogP contribution in [0.5, 0.6) is 0 Å². The number of carbonyl (C=O) groups excluding carboxylic acids is 1. The van der Waals surface area contributed by atoms with E-state index in [1.165, 1.54) is 0 Å². The second kappa shape index (κ2) is 4.95.